The number of carbonyl (C=O) groups excluding carboxylic acids is 3. The van der Waals surface area contributed by atoms with Gasteiger partial charge in [0.25, 0.3) is 21.8 Å². The van der Waals surface area contributed by atoms with Gasteiger partial charge >= 0.3 is 0 Å². The van der Waals surface area contributed by atoms with Crippen LogP contribution in [0.3, 0.4) is 0 Å². The Bertz CT molecular complexity index is 1540. The van der Waals surface area contributed by atoms with Crippen LogP contribution in [0.4, 0.5) is 5.69 Å². The van der Waals surface area contributed by atoms with Crippen molar-refractivity contribution in [3.05, 3.63) is 132 Å². The van der Waals surface area contributed by atoms with Gasteiger partial charge in [0.15, 0.2) is 5.78 Å². The van der Waals surface area contributed by atoms with Crippen molar-refractivity contribution >= 4 is 33.3 Å². The molecule has 0 spiro atoms. The fourth-order valence-electron chi connectivity index (χ4n) is 3.86. The first-order chi connectivity index (χ1) is 18.8. The maximum absolute atomic E-state index is 13.2. The third-order valence-electron chi connectivity index (χ3n) is 5.87. The molecule has 0 fully saturated rings. The standard InChI is InChI=1S/C30H27N3O5S/c34-28(21-31-29(35)23-13-6-2-7-14-23)27(19-22-11-4-1-5-12-22)32-30(36)24-15-10-16-25(20-24)33-39(37,38)26-17-8-3-9-18-26/h1-18,20,27,33H,19,21H2,(H,31,35)(H,32,36)/t27-/m0/s1. The minimum atomic E-state index is -3.85. The number of rotatable bonds is 11. The Hall–Kier alpha value is -4.76. The lowest BCUT2D eigenvalue weighted by Gasteiger charge is -2.19. The molecule has 0 aliphatic carbocycles. The summed E-state index contributed by atoms with van der Waals surface area (Å²) in [4.78, 5) is 38.8. The van der Waals surface area contributed by atoms with E-state index in [0.29, 0.717) is 5.56 Å². The van der Waals surface area contributed by atoms with Crippen LogP contribution in [0.2, 0.25) is 0 Å². The second kappa shape index (κ2) is 12.7. The Kier molecular flexibility index (Phi) is 8.86. The molecular formula is C30H27N3O5S. The van der Waals surface area contributed by atoms with E-state index in [2.05, 4.69) is 15.4 Å². The van der Waals surface area contributed by atoms with E-state index in [1.807, 2.05) is 30.3 Å². The van der Waals surface area contributed by atoms with E-state index in [1.54, 1.807) is 54.6 Å². The predicted molar refractivity (Wildman–Crippen MR) is 149 cm³/mol. The summed E-state index contributed by atoms with van der Waals surface area (Å²) < 4.78 is 27.9. The molecule has 1 atom stereocenters. The predicted octanol–water partition coefficient (Wildman–Crippen LogP) is 3.83. The minimum absolute atomic E-state index is 0.0888. The molecule has 4 rings (SSSR count). The van der Waals surface area contributed by atoms with Gasteiger partial charge in [0.1, 0.15) is 0 Å². The van der Waals surface area contributed by atoms with Gasteiger partial charge in [0.2, 0.25) is 0 Å². The van der Waals surface area contributed by atoms with E-state index in [0.717, 1.165) is 5.56 Å². The summed E-state index contributed by atoms with van der Waals surface area (Å²) in [5.41, 5.74) is 1.62. The Morgan fingerprint density at radius 2 is 1.26 bits per heavy atom. The smallest absolute Gasteiger partial charge is 0.261 e. The number of benzene rings is 4. The van der Waals surface area contributed by atoms with Crippen LogP contribution in [-0.4, -0.2) is 38.6 Å². The number of anilines is 1. The average Bonchev–Trinajstić information content (AvgIpc) is 2.96. The molecule has 4 aromatic rings. The summed E-state index contributed by atoms with van der Waals surface area (Å²) in [7, 11) is -3.85. The van der Waals surface area contributed by atoms with E-state index >= 15 is 0 Å². The second-order valence-corrected chi connectivity index (χ2v) is 10.4. The van der Waals surface area contributed by atoms with Crippen LogP contribution in [0.5, 0.6) is 0 Å². The van der Waals surface area contributed by atoms with E-state index in [4.69, 9.17) is 0 Å². The van der Waals surface area contributed by atoms with Gasteiger partial charge in [-0.05, 0) is 54.4 Å². The molecule has 0 saturated carbocycles. The van der Waals surface area contributed by atoms with Crippen molar-refractivity contribution in [3.63, 3.8) is 0 Å². The fraction of sp³-hybridized carbons (Fsp3) is 0.100. The van der Waals surface area contributed by atoms with Crippen LogP contribution < -0.4 is 15.4 Å². The van der Waals surface area contributed by atoms with E-state index < -0.39 is 27.9 Å². The molecule has 0 heterocycles. The zero-order valence-electron chi connectivity index (χ0n) is 20.9. The van der Waals surface area contributed by atoms with Gasteiger partial charge in [0.05, 0.1) is 17.5 Å². The first-order valence-electron chi connectivity index (χ1n) is 12.2. The fourth-order valence-corrected chi connectivity index (χ4v) is 4.93. The van der Waals surface area contributed by atoms with Crippen LogP contribution in [0.25, 0.3) is 0 Å². The van der Waals surface area contributed by atoms with E-state index in [-0.39, 0.29) is 34.9 Å². The molecule has 0 aliphatic rings. The van der Waals surface area contributed by atoms with Crippen molar-refractivity contribution in [1.82, 2.24) is 10.6 Å². The molecule has 0 bridgehead atoms. The van der Waals surface area contributed by atoms with Crippen molar-refractivity contribution in [2.45, 2.75) is 17.4 Å². The number of carbonyl (C=O) groups is 3. The molecule has 0 aromatic heterocycles. The zero-order chi connectivity index (χ0) is 27.7. The van der Waals surface area contributed by atoms with Crippen LogP contribution in [0, 0.1) is 0 Å². The molecule has 0 saturated heterocycles. The number of amides is 2. The number of hydrogen-bond donors (Lipinski definition) is 3. The Balaban J connectivity index is 1.48. The second-order valence-electron chi connectivity index (χ2n) is 8.73. The van der Waals surface area contributed by atoms with Gasteiger partial charge in [-0.15, -0.1) is 0 Å². The number of nitrogens with one attached hydrogen (secondary N) is 3. The summed E-state index contributed by atoms with van der Waals surface area (Å²) in [6.07, 6.45) is 0.215. The average molecular weight is 542 g/mol. The summed E-state index contributed by atoms with van der Waals surface area (Å²) in [5.74, 6) is -1.33. The number of hydrogen-bond acceptors (Lipinski definition) is 5. The first-order valence-corrected chi connectivity index (χ1v) is 13.7. The number of sulfonamides is 1. The van der Waals surface area contributed by atoms with Gasteiger partial charge in [0, 0.05) is 16.8 Å². The van der Waals surface area contributed by atoms with Gasteiger partial charge in [-0.2, -0.15) is 0 Å². The molecule has 2 amide bonds. The van der Waals surface area contributed by atoms with Crippen LogP contribution in [0.1, 0.15) is 26.3 Å². The Morgan fingerprint density at radius 3 is 1.92 bits per heavy atom. The van der Waals surface area contributed by atoms with E-state index in [9.17, 15) is 22.8 Å². The maximum Gasteiger partial charge on any atom is 0.261 e. The minimum Gasteiger partial charge on any atom is -0.345 e. The molecular weight excluding hydrogens is 514 g/mol. The van der Waals surface area contributed by atoms with E-state index in [1.165, 1.54) is 30.3 Å². The molecule has 0 unspecified atom stereocenters. The lowest BCUT2D eigenvalue weighted by atomic mass is 10.0. The summed E-state index contributed by atoms with van der Waals surface area (Å²) in [6.45, 7) is -0.275. The summed E-state index contributed by atoms with van der Waals surface area (Å²) in [5, 5.41) is 5.36. The summed E-state index contributed by atoms with van der Waals surface area (Å²) >= 11 is 0. The highest BCUT2D eigenvalue weighted by molar-refractivity contribution is 7.92. The highest BCUT2D eigenvalue weighted by Crippen LogP contribution is 2.17. The molecule has 0 aliphatic heterocycles. The van der Waals surface area contributed by atoms with Gasteiger partial charge in [-0.3, -0.25) is 19.1 Å². The maximum atomic E-state index is 13.2. The number of Topliss-reactive ketones (excluding diaryl/α,β-unsaturated/α-hetero) is 1. The van der Waals surface area contributed by atoms with Crippen molar-refractivity contribution < 1.29 is 22.8 Å². The van der Waals surface area contributed by atoms with Crippen LogP contribution >= 0.6 is 0 Å². The quantitative estimate of drug-likeness (QED) is 0.267. The first kappa shape index (κ1) is 27.3. The molecule has 39 heavy (non-hydrogen) atoms. The van der Waals surface area contributed by atoms with Gasteiger partial charge in [-0.1, -0.05) is 72.8 Å². The highest BCUT2D eigenvalue weighted by Gasteiger charge is 2.23. The zero-order valence-corrected chi connectivity index (χ0v) is 21.7. The normalized spacial score (nSPS) is 11.7. The van der Waals surface area contributed by atoms with Crippen LogP contribution in [-0.2, 0) is 21.2 Å². The largest absolute Gasteiger partial charge is 0.345 e. The molecule has 198 valence electrons. The molecule has 3 N–H and O–H groups in total. The molecule has 0 radical (unpaired) electrons. The third-order valence-corrected chi connectivity index (χ3v) is 7.26. The topological polar surface area (TPSA) is 121 Å². The Morgan fingerprint density at radius 1 is 0.667 bits per heavy atom. The van der Waals surface area contributed by atoms with Crippen molar-refractivity contribution in [2.75, 3.05) is 11.3 Å². The molecule has 9 heteroatoms. The van der Waals surface area contributed by atoms with Crippen molar-refractivity contribution in [2.24, 2.45) is 0 Å². The monoisotopic (exact) mass is 541 g/mol. The highest BCUT2D eigenvalue weighted by atomic mass is 32.2. The lowest BCUT2D eigenvalue weighted by molar-refractivity contribution is -0.119. The van der Waals surface area contributed by atoms with Crippen molar-refractivity contribution in [1.29, 1.82) is 0 Å². The lowest BCUT2D eigenvalue weighted by Crippen LogP contribution is -2.46. The van der Waals surface area contributed by atoms with Gasteiger partial charge < -0.3 is 10.6 Å². The SMILES string of the molecule is O=C(NCC(=O)[C@H](Cc1ccccc1)NC(=O)c1cccc(NS(=O)(=O)c2ccccc2)c1)c1ccccc1. The van der Waals surface area contributed by atoms with Crippen molar-refractivity contribution in [3.8, 4) is 0 Å². The van der Waals surface area contributed by atoms with Gasteiger partial charge in [-0.25, -0.2) is 8.42 Å². The third kappa shape index (κ3) is 7.62. The Labute approximate surface area is 227 Å². The number of ketones is 1. The molecule has 8 nitrogen and oxygen atoms in total. The summed E-state index contributed by atoms with van der Waals surface area (Å²) in [6, 6.07) is 30.7. The molecule has 4 aromatic carbocycles. The van der Waals surface area contributed by atoms with Crippen LogP contribution in [0.15, 0.2) is 120 Å².